The van der Waals surface area contributed by atoms with Gasteiger partial charge in [-0.25, -0.2) is 14.8 Å². The average molecular weight is 282 g/mol. The number of para-hydroxylation sites is 1. The van der Waals surface area contributed by atoms with Gasteiger partial charge in [0.15, 0.2) is 0 Å². The Morgan fingerprint density at radius 1 is 1.24 bits per heavy atom. The van der Waals surface area contributed by atoms with Crippen molar-refractivity contribution in [3.8, 4) is 0 Å². The highest BCUT2D eigenvalue weighted by Crippen LogP contribution is 2.19. The van der Waals surface area contributed by atoms with Crippen molar-refractivity contribution >= 4 is 22.8 Å². The molecule has 0 aliphatic rings. The number of aromatic amines is 1. The fourth-order valence-corrected chi connectivity index (χ4v) is 2.25. The molecule has 0 saturated carbocycles. The molecule has 1 aromatic carbocycles. The van der Waals surface area contributed by atoms with Gasteiger partial charge >= 0.3 is 5.97 Å². The van der Waals surface area contributed by atoms with Crippen LogP contribution in [0.5, 0.6) is 0 Å². The Bertz CT molecular complexity index is 754. The zero-order valence-corrected chi connectivity index (χ0v) is 11.2. The number of benzene rings is 1. The zero-order valence-electron chi connectivity index (χ0n) is 11.2. The van der Waals surface area contributed by atoms with E-state index in [9.17, 15) is 9.90 Å². The third kappa shape index (κ3) is 2.84. The van der Waals surface area contributed by atoms with Crippen molar-refractivity contribution in [1.82, 2.24) is 15.0 Å². The summed E-state index contributed by atoms with van der Waals surface area (Å²) in [7, 11) is 0. The molecule has 0 unspecified atom stereocenters. The van der Waals surface area contributed by atoms with Crippen molar-refractivity contribution in [3.05, 3.63) is 54.5 Å². The predicted molar refractivity (Wildman–Crippen MR) is 79.1 cm³/mol. The topological polar surface area (TPSA) is 90.9 Å². The first-order valence-electron chi connectivity index (χ1n) is 6.55. The number of hydrogen-bond acceptors (Lipinski definition) is 4. The maximum atomic E-state index is 11.4. The molecule has 1 atom stereocenters. The predicted octanol–water partition coefficient (Wildman–Crippen LogP) is 2.07. The molecule has 0 bridgehead atoms. The number of anilines is 1. The molecule has 3 rings (SSSR count). The van der Waals surface area contributed by atoms with Crippen LogP contribution in [-0.2, 0) is 11.2 Å². The van der Waals surface area contributed by atoms with Crippen LogP contribution >= 0.6 is 0 Å². The second-order valence-electron chi connectivity index (χ2n) is 4.67. The summed E-state index contributed by atoms with van der Waals surface area (Å²) < 4.78 is 0. The number of nitrogens with zero attached hydrogens (tertiary/aromatic N) is 2. The van der Waals surface area contributed by atoms with E-state index >= 15 is 0 Å². The highest BCUT2D eigenvalue weighted by molar-refractivity contribution is 5.84. The molecule has 21 heavy (non-hydrogen) atoms. The quantitative estimate of drug-likeness (QED) is 0.666. The van der Waals surface area contributed by atoms with Crippen LogP contribution in [0.2, 0.25) is 0 Å². The number of nitrogens with one attached hydrogen (secondary N) is 2. The van der Waals surface area contributed by atoms with Gasteiger partial charge in [-0.1, -0.05) is 18.2 Å². The van der Waals surface area contributed by atoms with E-state index in [1.54, 1.807) is 18.5 Å². The lowest BCUT2D eigenvalue weighted by Gasteiger charge is -2.13. The van der Waals surface area contributed by atoms with Gasteiger partial charge in [0.1, 0.15) is 6.04 Å². The minimum Gasteiger partial charge on any atom is -0.480 e. The first-order valence-corrected chi connectivity index (χ1v) is 6.55. The lowest BCUT2D eigenvalue weighted by atomic mass is 10.1. The molecule has 3 N–H and O–H groups in total. The van der Waals surface area contributed by atoms with Gasteiger partial charge in [0.2, 0.25) is 5.95 Å². The summed E-state index contributed by atoms with van der Waals surface area (Å²) in [5, 5.41) is 13.3. The molecular weight excluding hydrogens is 268 g/mol. The Balaban J connectivity index is 1.84. The van der Waals surface area contributed by atoms with Crippen LogP contribution in [0.1, 0.15) is 5.56 Å². The van der Waals surface area contributed by atoms with Gasteiger partial charge in [-0.2, -0.15) is 0 Å². The highest BCUT2D eigenvalue weighted by Gasteiger charge is 2.20. The third-order valence-corrected chi connectivity index (χ3v) is 3.27. The monoisotopic (exact) mass is 282 g/mol. The molecular formula is C15H14N4O2. The van der Waals surface area contributed by atoms with Crippen LogP contribution in [0.15, 0.2) is 48.9 Å². The molecule has 6 heteroatoms. The summed E-state index contributed by atoms with van der Waals surface area (Å²) in [4.78, 5) is 22.6. The fourth-order valence-electron chi connectivity index (χ4n) is 2.25. The number of fused-ring (bicyclic) bond motifs is 1. The Labute approximate surface area is 120 Å². The first-order chi connectivity index (χ1) is 10.2. The number of hydrogen-bond donors (Lipinski definition) is 3. The summed E-state index contributed by atoms with van der Waals surface area (Å²) in [5.74, 6) is -0.627. The smallest absolute Gasteiger partial charge is 0.326 e. The second kappa shape index (κ2) is 5.62. The van der Waals surface area contributed by atoms with E-state index < -0.39 is 12.0 Å². The van der Waals surface area contributed by atoms with Crippen molar-refractivity contribution in [2.45, 2.75) is 12.5 Å². The SMILES string of the molecule is O=C(O)[C@H](Cc1c[nH]c2ccccc12)Nc1ncccn1. The molecule has 0 radical (unpaired) electrons. The van der Waals surface area contributed by atoms with Crippen molar-refractivity contribution in [2.24, 2.45) is 0 Å². The molecule has 2 heterocycles. The van der Waals surface area contributed by atoms with E-state index in [1.807, 2.05) is 30.5 Å². The number of carboxylic acid groups (broad SMARTS) is 1. The van der Waals surface area contributed by atoms with Gasteiger partial charge in [-0.15, -0.1) is 0 Å². The van der Waals surface area contributed by atoms with Gasteiger partial charge in [0, 0.05) is 35.9 Å². The van der Waals surface area contributed by atoms with Crippen molar-refractivity contribution < 1.29 is 9.90 Å². The Morgan fingerprint density at radius 2 is 2.00 bits per heavy atom. The molecule has 0 saturated heterocycles. The number of aromatic nitrogens is 3. The average Bonchev–Trinajstić information content (AvgIpc) is 2.91. The van der Waals surface area contributed by atoms with Crippen LogP contribution in [0, 0.1) is 0 Å². The highest BCUT2D eigenvalue weighted by atomic mass is 16.4. The van der Waals surface area contributed by atoms with Gasteiger partial charge in [-0.3, -0.25) is 0 Å². The summed E-state index contributed by atoms with van der Waals surface area (Å²) in [6, 6.07) is 8.70. The number of rotatable bonds is 5. The minimum atomic E-state index is -0.937. The largest absolute Gasteiger partial charge is 0.480 e. The van der Waals surface area contributed by atoms with Gasteiger partial charge in [0.05, 0.1) is 0 Å². The van der Waals surface area contributed by atoms with Crippen molar-refractivity contribution in [2.75, 3.05) is 5.32 Å². The Morgan fingerprint density at radius 3 is 2.76 bits per heavy atom. The number of carbonyl (C=O) groups is 1. The lowest BCUT2D eigenvalue weighted by Crippen LogP contribution is -2.32. The summed E-state index contributed by atoms with van der Waals surface area (Å²) >= 11 is 0. The number of carboxylic acids is 1. The molecule has 0 aliphatic heterocycles. The summed E-state index contributed by atoms with van der Waals surface area (Å²) in [6.45, 7) is 0. The number of H-pyrrole nitrogens is 1. The molecule has 0 aliphatic carbocycles. The van der Waals surface area contributed by atoms with Gasteiger partial charge < -0.3 is 15.4 Å². The minimum absolute atomic E-state index is 0.310. The van der Waals surface area contributed by atoms with Crippen LogP contribution in [0.25, 0.3) is 10.9 Å². The van der Waals surface area contributed by atoms with Crippen LogP contribution < -0.4 is 5.32 Å². The number of aliphatic carboxylic acids is 1. The normalized spacial score (nSPS) is 12.2. The molecule has 6 nitrogen and oxygen atoms in total. The van der Waals surface area contributed by atoms with Crippen LogP contribution in [-0.4, -0.2) is 32.1 Å². The maximum absolute atomic E-state index is 11.4. The van der Waals surface area contributed by atoms with E-state index in [1.165, 1.54) is 0 Å². The Kier molecular flexibility index (Phi) is 3.51. The summed E-state index contributed by atoms with van der Waals surface area (Å²) in [5.41, 5.74) is 1.94. The molecule has 0 fully saturated rings. The maximum Gasteiger partial charge on any atom is 0.326 e. The molecule has 2 aromatic heterocycles. The Hall–Kier alpha value is -2.89. The molecule has 3 aromatic rings. The second-order valence-corrected chi connectivity index (χ2v) is 4.67. The van der Waals surface area contributed by atoms with Crippen molar-refractivity contribution in [3.63, 3.8) is 0 Å². The van der Waals surface area contributed by atoms with Crippen molar-refractivity contribution in [1.29, 1.82) is 0 Å². The molecule has 0 spiro atoms. The lowest BCUT2D eigenvalue weighted by molar-refractivity contribution is -0.137. The van der Waals surface area contributed by atoms with E-state index in [4.69, 9.17) is 0 Å². The van der Waals surface area contributed by atoms with Gasteiger partial charge in [0.25, 0.3) is 0 Å². The van der Waals surface area contributed by atoms with Gasteiger partial charge in [-0.05, 0) is 17.7 Å². The summed E-state index contributed by atoms with van der Waals surface area (Å²) in [6.07, 6.45) is 5.33. The zero-order chi connectivity index (χ0) is 14.7. The van der Waals surface area contributed by atoms with E-state index in [-0.39, 0.29) is 0 Å². The van der Waals surface area contributed by atoms with Crippen LogP contribution in [0.4, 0.5) is 5.95 Å². The first kappa shape index (κ1) is 13.1. The van der Waals surface area contributed by atoms with E-state index in [0.29, 0.717) is 12.4 Å². The van der Waals surface area contributed by atoms with E-state index in [2.05, 4.69) is 20.3 Å². The molecule has 106 valence electrons. The fraction of sp³-hybridized carbons (Fsp3) is 0.133. The third-order valence-electron chi connectivity index (χ3n) is 3.27. The van der Waals surface area contributed by atoms with E-state index in [0.717, 1.165) is 16.5 Å². The van der Waals surface area contributed by atoms with Crippen LogP contribution in [0.3, 0.4) is 0 Å². The molecule has 0 amide bonds. The standard InChI is InChI=1S/C15H14N4O2/c20-14(21)13(19-15-16-6-3-7-17-15)8-10-9-18-12-5-2-1-4-11(10)12/h1-7,9,13,18H,8H2,(H,20,21)(H,16,17,19)/t13-/m0/s1.